The van der Waals surface area contributed by atoms with Gasteiger partial charge in [0.25, 0.3) is 0 Å². The first-order chi connectivity index (χ1) is 3.12. The molecule has 1 atom stereocenters. The van der Waals surface area contributed by atoms with E-state index in [1.54, 1.807) is 0 Å². The zero-order valence-corrected chi connectivity index (χ0v) is 6.43. The van der Waals surface area contributed by atoms with Gasteiger partial charge >= 0.3 is 7.20 Å². The van der Waals surface area contributed by atoms with E-state index in [-0.39, 0.29) is 7.20 Å². The minimum absolute atomic E-state index is 0.221. The van der Waals surface area contributed by atoms with Gasteiger partial charge in [-0.05, 0) is 6.66 Å². The van der Waals surface area contributed by atoms with E-state index in [0.29, 0.717) is 0 Å². The van der Waals surface area contributed by atoms with Gasteiger partial charge in [0.15, 0.2) is 0 Å². The summed E-state index contributed by atoms with van der Waals surface area (Å²) in [5.41, 5.74) is 0. The molecule has 0 amide bonds. The maximum absolute atomic E-state index is 8.54. The summed E-state index contributed by atoms with van der Waals surface area (Å²) in [6.45, 7) is 2.95. The highest BCUT2D eigenvalue weighted by Crippen LogP contribution is 2.33. The van der Waals surface area contributed by atoms with Crippen molar-refractivity contribution < 1.29 is 5.02 Å². The van der Waals surface area contributed by atoms with Crippen molar-refractivity contribution >= 4 is 39.4 Å². The first kappa shape index (κ1) is 7.80. The van der Waals surface area contributed by atoms with Crippen LogP contribution in [0.15, 0.2) is 0 Å². The molecule has 7 heavy (non-hydrogen) atoms. The molecule has 0 radical (unpaired) electrons. The molecule has 0 aliphatic carbocycles. The summed E-state index contributed by atoms with van der Waals surface area (Å²) in [5.74, 6) is -1.27. The Labute approximate surface area is 51.7 Å². The van der Waals surface area contributed by atoms with Crippen molar-refractivity contribution in [3.8, 4) is 0 Å². The van der Waals surface area contributed by atoms with Crippen LogP contribution in [0, 0.1) is 0 Å². The van der Waals surface area contributed by atoms with Gasteiger partial charge < -0.3 is 5.02 Å². The SMILES string of the molecule is BBP(C)(=S)BO. The predicted molar refractivity (Wildman–Crippen MR) is 45.3 cm³/mol. The first-order valence-corrected chi connectivity index (χ1v) is 5.91. The molecule has 0 saturated heterocycles. The molecular weight excluding hydrogens is 123 g/mol. The minimum atomic E-state index is -1.27. The third kappa shape index (κ3) is 3.39. The fourth-order valence-corrected chi connectivity index (χ4v) is 0.300. The van der Waals surface area contributed by atoms with Crippen LogP contribution in [0.5, 0.6) is 0 Å². The molecule has 0 heterocycles. The van der Waals surface area contributed by atoms with Crippen LogP contribution in [0.25, 0.3) is 0 Å². The monoisotopic (exact) mass is 132 g/mol. The van der Waals surface area contributed by atoms with E-state index in [9.17, 15) is 0 Å². The van der Waals surface area contributed by atoms with Crippen LogP contribution in [0.2, 0.25) is 0 Å². The van der Waals surface area contributed by atoms with Gasteiger partial charge in [-0.25, -0.2) is 0 Å². The summed E-state index contributed by atoms with van der Waals surface area (Å²) in [5, 5.41) is 8.54. The summed E-state index contributed by atoms with van der Waals surface area (Å²) in [4.78, 5) is 0. The smallest absolute Gasteiger partial charge is 0.301 e. The topological polar surface area (TPSA) is 20.2 Å². The highest BCUT2D eigenvalue weighted by atomic mass is 32.4. The van der Waals surface area contributed by atoms with Gasteiger partial charge in [0.1, 0.15) is 6.89 Å². The van der Waals surface area contributed by atoms with Crippen molar-refractivity contribution in [3.63, 3.8) is 0 Å². The molecule has 0 fully saturated rings. The highest BCUT2D eigenvalue weighted by molar-refractivity contribution is 8.41. The van der Waals surface area contributed by atoms with E-state index in [1.165, 1.54) is 0 Å². The van der Waals surface area contributed by atoms with E-state index < -0.39 is 5.79 Å². The number of rotatable bonds is 2. The molecule has 0 rings (SSSR count). The summed E-state index contributed by atoms with van der Waals surface area (Å²) in [6, 6.07) is 0. The molecule has 0 aromatic rings. The standard InChI is InChI=1S/CH8B3OPS/c1-6(7,3-2)4-5/h3-5H,2H2,1H3. The van der Waals surface area contributed by atoms with E-state index in [4.69, 9.17) is 16.8 Å². The summed E-state index contributed by atoms with van der Waals surface area (Å²) < 4.78 is 0. The lowest BCUT2D eigenvalue weighted by Crippen LogP contribution is -1.98. The quantitative estimate of drug-likeness (QED) is 0.355. The number of hydrogen-bond acceptors (Lipinski definition) is 2. The molecular formula is CH8B3OPS. The molecule has 0 bridgehead atoms. The summed E-state index contributed by atoms with van der Waals surface area (Å²) in [7, 11) is 2.25. The molecule has 1 nitrogen and oxygen atoms in total. The van der Waals surface area contributed by atoms with Crippen LogP contribution >= 0.6 is 5.79 Å². The molecule has 1 N–H and O–H groups in total. The van der Waals surface area contributed by atoms with Crippen LogP contribution in [0.3, 0.4) is 0 Å². The van der Waals surface area contributed by atoms with Crippen molar-refractivity contribution in [3.05, 3.63) is 0 Å². The van der Waals surface area contributed by atoms with E-state index in [0.717, 1.165) is 6.89 Å². The highest BCUT2D eigenvalue weighted by Gasteiger charge is 2.06. The molecule has 0 aliphatic heterocycles. The second-order valence-corrected chi connectivity index (χ2v) is 7.91. The molecule has 0 aromatic carbocycles. The van der Waals surface area contributed by atoms with Crippen molar-refractivity contribution in [1.29, 1.82) is 0 Å². The van der Waals surface area contributed by atoms with E-state index >= 15 is 0 Å². The van der Waals surface area contributed by atoms with Crippen LogP contribution < -0.4 is 0 Å². The van der Waals surface area contributed by atoms with E-state index in [1.807, 2.05) is 14.4 Å². The Balaban J connectivity index is 3.61. The molecule has 0 aromatic heterocycles. The van der Waals surface area contributed by atoms with Crippen molar-refractivity contribution in [2.45, 2.75) is 0 Å². The average Bonchev–Trinajstić information content (AvgIpc) is 1.68. The Bertz CT molecular complexity index is 86.9. The Hall–Kier alpha value is 0.805. The lowest BCUT2D eigenvalue weighted by atomic mass is 9.79. The molecule has 0 aliphatic rings. The van der Waals surface area contributed by atoms with E-state index in [2.05, 4.69) is 0 Å². The van der Waals surface area contributed by atoms with Crippen molar-refractivity contribution in [2.24, 2.45) is 0 Å². The fourth-order valence-electron chi connectivity index (χ4n) is 0.1000. The van der Waals surface area contributed by atoms with Crippen LogP contribution in [0.1, 0.15) is 0 Å². The van der Waals surface area contributed by atoms with Gasteiger partial charge in [0.2, 0.25) is 0 Å². The Kier molecular flexibility index (Phi) is 3.30. The predicted octanol–water partition coefficient (Wildman–Crippen LogP) is -1.75. The Morgan fingerprint density at radius 3 is 2.29 bits per heavy atom. The third-order valence-electron chi connectivity index (χ3n) is 0.968. The van der Waals surface area contributed by atoms with Gasteiger partial charge in [0, 0.05) is 0 Å². The lowest BCUT2D eigenvalue weighted by Gasteiger charge is -2.03. The normalized spacial score (nSPS) is 17.4. The van der Waals surface area contributed by atoms with Gasteiger partial charge in [-0.15, -0.1) is 11.8 Å². The van der Waals surface area contributed by atoms with Gasteiger partial charge in [-0.3, -0.25) is 0 Å². The van der Waals surface area contributed by atoms with Crippen LogP contribution in [-0.4, -0.2) is 33.5 Å². The van der Waals surface area contributed by atoms with Crippen molar-refractivity contribution in [2.75, 3.05) is 6.66 Å². The second kappa shape index (κ2) is 2.96. The summed E-state index contributed by atoms with van der Waals surface area (Å²) >= 11 is 5.01. The minimum Gasteiger partial charge on any atom is -0.449 e. The Morgan fingerprint density at radius 2 is 2.29 bits per heavy atom. The zero-order chi connectivity index (χ0) is 5.91. The maximum Gasteiger partial charge on any atom is 0.301 e. The van der Waals surface area contributed by atoms with Crippen molar-refractivity contribution in [1.82, 2.24) is 0 Å². The van der Waals surface area contributed by atoms with Gasteiger partial charge in [-0.2, -0.15) is 0 Å². The zero-order valence-electron chi connectivity index (χ0n) is 4.72. The van der Waals surface area contributed by atoms with Crippen LogP contribution in [-0.2, 0) is 11.8 Å². The number of hydrogen-bond donors (Lipinski definition) is 1. The maximum atomic E-state index is 8.54. The van der Waals surface area contributed by atoms with Gasteiger partial charge in [0.05, 0.1) is 7.74 Å². The third-order valence-corrected chi connectivity index (χ3v) is 4.03. The second-order valence-electron chi connectivity index (χ2n) is 1.75. The molecule has 6 heteroatoms. The fraction of sp³-hybridized carbons (Fsp3) is 1.00. The van der Waals surface area contributed by atoms with Crippen LogP contribution in [0.4, 0.5) is 0 Å². The largest absolute Gasteiger partial charge is 0.449 e. The average molecular weight is 132 g/mol. The molecule has 1 unspecified atom stereocenters. The molecule has 0 spiro atoms. The molecule has 38 valence electrons. The molecule has 0 saturated carbocycles. The lowest BCUT2D eigenvalue weighted by molar-refractivity contribution is 0.622. The van der Waals surface area contributed by atoms with Gasteiger partial charge in [-0.1, -0.05) is 5.79 Å². The first-order valence-electron chi connectivity index (χ1n) is 2.29. The summed E-state index contributed by atoms with van der Waals surface area (Å²) in [6.07, 6.45) is 0. The Morgan fingerprint density at radius 1 is 1.86 bits per heavy atom.